The Hall–Kier alpha value is -0.580. The number of aliphatic hydroxyl groups excluding tert-OH is 1. The lowest BCUT2D eigenvalue weighted by Gasteiger charge is -2.16. The zero-order valence-corrected chi connectivity index (χ0v) is 9.72. The first-order chi connectivity index (χ1) is 7.31. The minimum atomic E-state index is -0.170. The average Bonchev–Trinajstić information content (AvgIpc) is 2.83. The molecule has 0 bridgehead atoms. The number of thiophene rings is 1. The van der Waals surface area contributed by atoms with Crippen molar-refractivity contribution in [2.24, 2.45) is 0 Å². The Morgan fingerprint density at radius 3 is 3.13 bits per heavy atom. The second-order valence-electron chi connectivity index (χ2n) is 3.90. The predicted molar refractivity (Wildman–Crippen MR) is 61.4 cm³/mol. The molecule has 1 aliphatic carbocycles. The minimum absolute atomic E-state index is 0.170. The molecule has 1 aromatic heterocycles. The van der Waals surface area contributed by atoms with Gasteiger partial charge in [0.25, 0.3) is 0 Å². The number of hydrogen-bond acceptors (Lipinski definition) is 4. The molecule has 3 nitrogen and oxygen atoms in total. The molecular weight excluding hydrogens is 210 g/mol. The van der Waals surface area contributed by atoms with Crippen LogP contribution < -0.4 is 10.1 Å². The highest BCUT2D eigenvalue weighted by atomic mass is 32.1. The van der Waals surface area contributed by atoms with E-state index in [4.69, 9.17) is 4.74 Å². The number of methoxy groups -OCH3 is 1. The summed E-state index contributed by atoms with van der Waals surface area (Å²) >= 11 is 1.69. The Bertz CT molecular complexity index is 313. The Morgan fingerprint density at radius 1 is 1.60 bits per heavy atom. The fourth-order valence-corrected chi connectivity index (χ4v) is 2.83. The van der Waals surface area contributed by atoms with Crippen LogP contribution in [0.25, 0.3) is 0 Å². The number of hydrogen-bond donors (Lipinski definition) is 2. The molecule has 4 heteroatoms. The van der Waals surface area contributed by atoms with Gasteiger partial charge in [-0.25, -0.2) is 0 Å². The van der Waals surface area contributed by atoms with E-state index in [9.17, 15) is 5.11 Å². The molecule has 2 atom stereocenters. The van der Waals surface area contributed by atoms with E-state index >= 15 is 0 Å². The smallest absolute Gasteiger partial charge is 0.134 e. The van der Waals surface area contributed by atoms with Gasteiger partial charge in [-0.15, -0.1) is 11.3 Å². The van der Waals surface area contributed by atoms with Crippen molar-refractivity contribution in [2.75, 3.05) is 7.11 Å². The van der Waals surface area contributed by atoms with E-state index in [-0.39, 0.29) is 12.1 Å². The SMILES string of the molecule is COc1ccsc1CNC1CCCC1O. The van der Waals surface area contributed by atoms with Crippen LogP contribution in [0.2, 0.25) is 0 Å². The van der Waals surface area contributed by atoms with Gasteiger partial charge in [0.05, 0.1) is 18.1 Å². The third-order valence-electron chi connectivity index (χ3n) is 2.93. The zero-order chi connectivity index (χ0) is 10.7. The lowest BCUT2D eigenvalue weighted by Crippen LogP contribution is -2.34. The van der Waals surface area contributed by atoms with Gasteiger partial charge in [0.15, 0.2) is 0 Å². The van der Waals surface area contributed by atoms with Gasteiger partial charge in [-0.3, -0.25) is 0 Å². The lowest BCUT2D eigenvalue weighted by molar-refractivity contribution is 0.148. The van der Waals surface area contributed by atoms with Gasteiger partial charge in [-0.05, 0) is 30.7 Å². The van der Waals surface area contributed by atoms with E-state index in [0.29, 0.717) is 0 Å². The minimum Gasteiger partial charge on any atom is -0.496 e. The van der Waals surface area contributed by atoms with E-state index in [1.54, 1.807) is 18.4 Å². The summed E-state index contributed by atoms with van der Waals surface area (Å²) in [7, 11) is 1.69. The van der Waals surface area contributed by atoms with Gasteiger partial charge in [0.2, 0.25) is 0 Å². The number of ether oxygens (including phenoxy) is 1. The van der Waals surface area contributed by atoms with E-state index in [1.165, 1.54) is 4.88 Å². The summed E-state index contributed by atoms with van der Waals surface area (Å²) in [6.07, 6.45) is 2.96. The van der Waals surface area contributed by atoms with Crippen LogP contribution in [0.1, 0.15) is 24.1 Å². The topological polar surface area (TPSA) is 41.5 Å². The van der Waals surface area contributed by atoms with Crippen LogP contribution in [0.15, 0.2) is 11.4 Å². The molecule has 1 saturated carbocycles. The maximum absolute atomic E-state index is 9.65. The molecular formula is C11H17NO2S. The van der Waals surface area contributed by atoms with Gasteiger partial charge in [0, 0.05) is 12.6 Å². The van der Waals surface area contributed by atoms with Crippen molar-refractivity contribution >= 4 is 11.3 Å². The molecule has 0 aromatic carbocycles. The standard InChI is InChI=1S/C11H17NO2S/c1-14-10-5-6-15-11(10)7-12-8-3-2-4-9(8)13/h5-6,8-9,12-13H,2-4,7H2,1H3. The summed E-state index contributed by atoms with van der Waals surface area (Å²) < 4.78 is 5.24. The summed E-state index contributed by atoms with van der Waals surface area (Å²) in [5.74, 6) is 0.944. The van der Waals surface area contributed by atoms with Crippen LogP contribution in [0.5, 0.6) is 5.75 Å². The monoisotopic (exact) mass is 227 g/mol. The Morgan fingerprint density at radius 2 is 2.47 bits per heavy atom. The molecule has 1 aliphatic rings. The van der Waals surface area contributed by atoms with Crippen molar-refractivity contribution in [2.45, 2.75) is 38.0 Å². The van der Waals surface area contributed by atoms with Crippen molar-refractivity contribution in [3.63, 3.8) is 0 Å². The van der Waals surface area contributed by atoms with E-state index in [0.717, 1.165) is 31.6 Å². The van der Waals surface area contributed by atoms with Crippen molar-refractivity contribution in [3.05, 3.63) is 16.3 Å². The average molecular weight is 227 g/mol. The quantitative estimate of drug-likeness (QED) is 0.823. The molecule has 84 valence electrons. The molecule has 1 heterocycles. The third kappa shape index (κ3) is 2.51. The third-order valence-corrected chi connectivity index (χ3v) is 3.83. The largest absolute Gasteiger partial charge is 0.496 e. The fourth-order valence-electron chi connectivity index (χ4n) is 2.04. The summed E-state index contributed by atoms with van der Waals surface area (Å²) in [5, 5.41) is 15.1. The van der Waals surface area contributed by atoms with Crippen molar-refractivity contribution in [1.82, 2.24) is 5.32 Å². The summed E-state index contributed by atoms with van der Waals surface area (Å²) in [6, 6.07) is 2.24. The molecule has 0 radical (unpaired) electrons. The highest BCUT2D eigenvalue weighted by Crippen LogP contribution is 2.25. The van der Waals surface area contributed by atoms with E-state index in [2.05, 4.69) is 5.32 Å². The molecule has 2 rings (SSSR count). The molecule has 0 aliphatic heterocycles. The van der Waals surface area contributed by atoms with Crippen molar-refractivity contribution in [1.29, 1.82) is 0 Å². The first kappa shape index (κ1) is 10.9. The zero-order valence-electron chi connectivity index (χ0n) is 8.90. The van der Waals surface area contributed by atoms with Crippen LogP contribution in [0.4, 0.5) is 0 Å². The number of nitrogens with one attached hydrogen (secondary N) is 1. The highest BCUT2D eigenvalue weighted by molar-refractivity contribution is 7.10. The molecule has 15 heavy (non-hydrogen) atoms. The summed E-state index contributed by atoms with van der Waals surface area (Å²) in [5.41, 5.74) is 0. The maximum Gasteiger partial charge on any atom is 0.134 e. The maximum atomic E-state index is 9.65. The van der Waals surface area contributed by atoms with Gasteiger partial charge < -0.3 is 15.2 Å². The van der Waals surface area contributed by atoms with Gasteiger partial charge in [-0.2, -0.15) is 0 Å². The second kappa shape index (κ2) is 4.96. The number of aliphatic hydroxyl groups is 1. The van der Waals surface area contributed by atoms with Crippen LogP contribution in [-0.4, -0.2) is 24.4 Å². The van der Waals surface area contributed by atoms with Gasteiger partial charge >= 0.3 is 0 Å². The number of rotatable bonds is 4. The van der Waals surface area contributed by atoms with Crippen LogP contribution in [-0.2, 0) is 6.54 Å². The first-order valence-electron chi connectivity index (χ1n) is 5.33. The van der Waals surface area contributed by atoms with Crippen molar-refractivity contribution in [3.8, 4) is 5.75 Å². The first-order valence-corrected chi connectivity index (χ1v) is 6.21. The van der Waals surface area contributed by atoms with Gasteiger partial charge in [0.1, 0.15) is 5.75 Å². The van der Waals surface area contributed by atoms with Crippen LogP contribution in [0, 0.1) is 0 Å². The van der Waals surface area contributed by atoms with Crippen LogP contribution in [0.3, 0.4) is 0 Å². The molecule has 1 aromatic rings. The van der Waals surface area contributed by atoms with Gasteiger partial charge in [-0.1, -0.05) is 0 Å². The van der Waals surface area contributed by atoms with Crippen molar-refractivity contribution < 1.29 is 9.84 Å². The molecule has 2 N–H and O–H groups in total. The van der Waals surface area contributed by atoms with Crippen LogP contribution >= 0.6 is 11.3 Å². The Kier molecular flexibility index (Phi) is 3.61. The molecule has 0 amide bonds. The summed E-state index contributed by atoms with van der Waals surface area (Å²) in [4.78, 5) is 1.21. The summed E-state index contributed by atoms with van der Waals surface area (Å²) in [6.45, 7) is 0.794. The Balaban J connectivity index is 1.87. The van der Waals surface area contributed by atoms with E-state index in [1.807, 2.05) is 11.4 Å². The molecule has 2 unspecified atom stereocenters. The fraction of sp³-hybridized carbons (Fsp3) is 0.636. The predicted octanol–water partition coefficient (Wildman–Crippen LogP) is 1.76. The molecule has 0 spiro atoms. The molecule has 0 saturated heterocycles. The Labute approximate surface area is 94.1 Å². The normalized spacial score (nSPS) is 25.7. The molecule has 1 fully saturated rings. The van der Waals surface area contributed by atoms with E-state index < -0.39 is 0 Å². The lowest BCUT2D eigenvalue weighted by atomic mass is 10.2. The second-order valence-corrected chi connectivity index (χ2v) is 4.90. The highest BCUT2D eigenvalue weighted by Gasteiger charge is 2.24.